The first-order chi connectivity index (χ1) is 15.4. The number of pyridine rings is 1. The molecule has 7 nitrogen and oxygen atoms in total. The third kappa shape index (κ3) is 4.45. The van der Waals surface area contributed by atoms with Crippen molar-refractivity contribution in [2.24, 2.45) is 11.1 Å². The third-order valence-corrected chi connectivity index (χ3v) is 6.60. The lowest BCUT2D eigenvalue weighted by atomic mass is 9.62. The maximum absolute atomic E-state index is 12.4. The van der Waals surface area contributed by atoms with Crippen molar-refractivity contribution in [3.63, 3.8) is 0 Å². The highest BCUT2D eigenvalue weighted by molar-refractivity contribution is 5.56. The van der Waals surface area contributed by atoms with Gasteiger partial charge in [-0.1, -0.05) is 50.2 Å². The van der Waals surface area contributed by atoms with Crippen molar-refractivity contribution in [2.75, 3.05) is 20.1 Å². The van der Waals surface area contributed by atoms with Gasteiger partial charge >= 0.3 is 0 Å². The standard InChI is InChI=1S/C26H35N5O2/c1-17(2)18-7-9-20(10-8-18)26(32,25(5)15-31(6)16-25)21-11-19(13-28-14-21)23-29-22(33-30-23)12-24(3,4)27/h7-11,13-14,17,32H,12,15-16,27H2,1-6H3/t26-/m0/s1. The zero-order valence-electron chi connectivity index (χ0n) is 20.5. The topological polar surface area (TPSA) is 101 Å². The van der Waals surface area contributed by atoms with E-state index in [1.54, 1.807) is 12.4 Å². The van der Waals surface area contributed by atoms with Gasteiger partial charge in [0.05, 0.1) is 0 Å². The predicted octanol–water partition coefficient (Wildman–Crippen LogP) is 3.72. The summed E-state index contributed by atoms with van der Waals surface area (Å²) >= 11 is 0. The number of nitrogens with two attached hydrogens (primary N) is 1. The summed E-state index contributed by atoms with van der Waals surface area (Å²) in [5, 5.41) is 16.5. The molecule has 0 saturated carbocycles. The van der Waals surface area contributed by atoms with Crippen LogP contribution in [0.3, 0.4) is 0 Å². The number of hydrogen-bond donors (Lipinski definition) is 2. The summed E-state index contributed by atoms with van der Waals surface area (Å²) in [7, 11) is 2.07. The Morgan fingerprint density at radius 3 is 2.39 bits per heavy atom. The number of nitrogens with zero attached hydrogens (tertiary/aromatic N) is 4. The molecule has 0 bridgehead atoms. The second kappa shape index (κ2) is 8.31. The van der Waals surface area contributed by atoms with Gasteiger partial charge in [0.15, 0.2) is 0 Å². The SMILES string of the molecule is CC(C)c1ccc([C@](O)(c2cncc(-c3noc(CC(C)(C)N)n3)c2)C2(C)CN(C)C2)cc1. The quantitative estimate of drug-likeness (QED) is 0.567. The average molecular weight is 450 g/mol. The van der Waals surface area contributed by atoms with Crippen LogP contribution in [0.25, 0.3) is 11.4 Å². The van der Waals surface area contributed by atoms with Crippen molar-refractivity contribution in [2.45, 2.75) is 58.1 Å². The lowest BCUT2D eigenvalue weighted by molar-refractivity contribution is -0.127. The van der Waals surface area contributed by atoms with Gasteiger partial charge in [0, 0.05) is 54.0 Å². The maximum atomic E-state index is 12.4. The lowest BCUT2D eigenvalue weighted by Crippen LogP contribution is -2.63. The van der Waals surface area contributed by atoms with E-state index in [0.717, 1.165) is 24.2 Å². The van der Waals surface area contributed by atoms with Crippen LogP contribution < -0.4 is 5.73 Å². The molecular formula is C26H35N5O2. The molecule has 1 aromatic carbocycles. The van der Waals surface area contributed by atoms with Crippen LogP contribution in [-0.2, 0) is 12.0 Å². The van der Waals surface area contributed by atoms with E-state index < -0.39 is 11.1 Å². The number of benzene rings is 1. The monoisotopic (exact) mass is 449 g/mol. The molecule has 3 N–H and O–H groups in total. The first-order valence-corrected chi connectivity index (χ1v) is 11.5. The highest BCUT2D eigenvalue weighted by Gasteiger charge is 2.55. The first kappa shape index (κ1) is 23.5. The summed E-state index contributed by atoms with van der Waals surface area (Å²) in [6.45, 7) is 11.9. The van der Waals surface area contributed by atoms with E-state index in [-0.39, 0.29) is 5.41 Å². The van der Waals surface area contributed by atoms with Crippen LogP contribution in [0.1, 0.15) is 63.1 Å². The van der Waals surface area contributed by atoms with E-state index in [1.165, 1.54) is 5.56 Å². The number of rotatable bonds is 7. The second-order valence-electron chi connectivity index (χ2n) is 10.9. The second-order valence-corrected chi connectivity index (χ2v) is 10.9. The van der Waals surface area contributed by atoms with E-state index >= 15 is 0 Å². The van der Waals surface area contributed by atoms with Crippen molar-refractivity contribution in [3.05, 3.63) is 65.3 Å². The zero-order valence-corrected chi connectivity index (χ0v) is 20.5. The summed E-state index contributed by atoms with van der Waals surface area (Å²) in [5.41, 5.74) is 7.58. The van der Waals surface area contributed by atoms with Crippen LogP contribution in [0.5, 0.6) is 0 Å². The first-order valence-electron chi connectivity index (χ1n) is 11.5. The molecule has 0 unspecified atom stereocenters. The normalized spacial score (nSPS) is 18.2. The van der Waals surface area contributed by atoms with Gasteiger partial charge in [0.2, 0.25) is 11.7 Å². The smallest absolute Gasteiger partial charge is 0.228 e. The molecule has 0 amide bonds. The number of aliphatic hydroxyl groups is 1. The molecule has 4 rings (SSSR count). The van der Waals surface area contributed by atoms with Crippen LogP contribution in [0.15, 0.2) is 47.2 Å². The Labute approximate surface area is 196 Å². The molecule has 176 valence electrons. The van der Waals surface area contributed by atoms with Crippen molar-refractivity contribution in [1.82, 2.24) is 20.0 Å². The molecule has 0 spiro atoms. The molecule has 1 atom stereocenters. The third-order valence-electron chi connectivity index (χ3n) is 6.60. The number of aromatic nitrogens is 3. The van der Waals surface area contributed by atoms with Crippen LogP contribution >= 0.6 is 0 Å². The minimum atomic E-state index is -1.22. The summed E-state index contributed by atoms with van der Waals surface area (Å²) < 4.78 is 5.42. The highest BCUT2D eigenvalue weighted by Crippen LogP contribution is 2.50. The Morgan fingerprint density at radius 1 is 1.15 bits per heavy atom. The van der Waals surface area contributed by atoms with Crippen LogP contribution in [0.2, 0.25) is 0 Å². The fourth-order valence-corrected chi connectivity index (χ4v) is 4.94. The Hall–Kier alpha value is -2.61. The van der Waals surface area contributed by atoms with Crippen molar-refractivity contribution >= 4 is 0 Å². The Morgan fingerprint density at radius 2 is 1.82 bits per heavy atom. The molecule has 2 aromatic heterocycles. The van der Waals surface area contributed by atoms with Gasteiger partial charge in [-0.2, -0.15) is 4.98 Å². The molecule has 1 aliphatic rings. The van der Waals surface area contributed by atoms with E-state index in [2.05, 4.69) is 60.0 Å². The maximum Gasteiger partial charge on any atom is 0.228 e. The predicted molar refractivity (Wildman–Crippen MR) is 129 cm³/mol. The number of hydrogen-bond acceptors (Lipinski definition) is 7. The highest BCUT2D eigenvalue weighted by atomic mass is 16.5. The van der Waals surface area contributed by atoms with Gasteiger partial charge in [0.1, 0.15) is 5.60 Å². The molecule has 1 aliphatic heterocycles. The summed E-state index contributed by atoms with van der Waals surface area (Å²) in [4.78, 5) is 11.2. The molecule has 0 aliphatic carbocycles. The van der Waals surface area contributed by atoms with E-state index in [0.29, 0.717) is 29.6 Å². The van der Waals surface area contributed by atoms with Crippen LogP contribution in [0, 0.1) is 5.41 Å². The van der Waals surface area contributed by atoms with Gasteiger partial charge in [-0.25, -0.2) is 0 Å². The summed E-state index contributed by atoms with van der Waals surface area (Å²) in [6.07, 6.45) is 3.92. The minimum absolute atomic E-state index is 0.368. The molecule has 7 heteroatoms. The fourth-order valence-electron chi connectivity index (χ4n) is 4.94. The molecule has 0 radical (unpaired) electrons. The summed E-state index contributed by atoms with van der Waals surface area (Å²) in [5.74, 6) is 1.35. The Bertz CT molecular complexity index is 1110. The van der Waals surface area contributed by atoms with Crippen molar-refractivity contribution < 1.29 is 9.63 Å². The van der Waals surface area contributed by atoms with Gasteiger partial charge in [-0.05, 0) is 44.0 Å². The van der Waals surface area contributed by atoms with Gasteiger partial charge < -0.3 is 20.3 Å². The molecule has 1 saturated heterocycles. The largest absolute Gasteiger partial charge is 0.380 e. The molecule has 3 aromatic rings. The lowest BCUT2D eigenvalue weighted by Gasteiger charge is -2.55. The minimum Gasteiger partial charge on any atom is -0.380 e. The summed E-state index contributed by atoms with van der Waals surface area (Å²) in [6, 6.07) is 10.2. The molecule has 33 heavy (non-hydrogen) atoms. The molecule has 1 fully saturated rings. The average Bonchev–Trinajstić information content (AvgIpc) is 3.19. The van der Waals surface area contributed by atoms with Crippen molar-refractivity contribution in [3.8, 4) is 11.4 Å². The van der Waals surface area contributed by atoms with E-state index in [4.69, 9.17) is 10.3 Å². The van der Waals surface area contributed by atoms with E-state index in [9.17, 15) is 5.11 Å². The zero-order chi connectivity index (χ0) is 24.0. The van der Waals surface area contributed by atoms with E-state index in [1.807, 2.05) is 32.0 Å². The fraction of sp³-hybridized carbons (Fsp3) is 0.500. The van der Waals surface area contributed by atoms with Crippen molar-refractivity contribution in [1.29, 1.82) is 0 Å². The molecule has 3 heterocycles. The Balaban J connectivity index is 1.76. The van der Waals surface area contributed by atoms with Crippen LogP contribution in [0.4, 0.5) is 0 Å². The van der Waals surface area contributed by atoms with Gasteiger partial charge in [-0.3, -0.25) is 4.98 Å². The molecular weight excluding hydrogens is 414 g/mol. The Kier molecular flexibility index (Phi) is 5.93. The van der Waals surface area contributed by atoms with Gasteiger partial charge in [-0.15, -0.1) is 0 Å². The van der Waals surface area contributed by atoms with Crippen LogP contribution in [-0.4, -0.2) is 50.8 Å². The number of likely N-dealkylation sites (tertiary alicyclic amines) is 1. The van der Waals surface area contributed by atoms with Gasteiger partial charge in [0.25, 0.3) is 0 Å².